The van der Waals surface area contributed by atoms with Crippen LogP contribution in [0.1, 0.15) is 22.6 Å². The number of primary amides is 1. The number of likely N-dealkylation sites (N-methyl/N-ethyl adjacent to an activating group) is 1. The number of rotatable bonds is 3. The smallest absolute Gasteiger partial charge is 0.225 e. The van der Waals surface area contributed by atoms with E-state index in [0.717, 1.165) is 18.5 Å². The Bertz CT molecular complexity index is 1050. The predicted octanol–water partition coefficient (Wildman–Crippen LogP) is 3.31. The molecule has 2 aromatic carbocycles. The summed E-state index contributed by atoms with van der Waals surface area (Å²) in [5.41, 5.74) is 12.0. The largest absolute Gasteiger partial charge is 0.369 e. The Labute approximate surface area is 158 Å². The SMILES string of the molecule is CN1C[C@H](C(C(N)=O)c2ccccc2)C=C2c3cccc4[nH]cc(c34)C[C@H]21. The minimum Gasteiger partial charge on any atom is -0.369 e. The molecule has 4 heteroatoms. The van der Waals surface area contributed by atoms with Crippen LogP contribution in [0.5, 0.6) is 0 Å². The summed E-state index contributed by atoms with van der Waals surface area (Å²) in [4.78, 5) is 18.2. The van der Waals surface area contributed by atoms with Gasteiger partial charge in [-0.2, -0.15) is 0 Å². The summed E-state index contributed by atoms with van der Waals surface area (Å²) in [6.45, 7) is 0.826. The van der Waals surface area contributed by atoms with Crippen LogP contribution in [-0.2, 0) is 11.2 Å². The quantitative estimate of drug-likeness (QED) is 0.755. The molecule has 0 bridgehead atoms. The molecule has 2 aliphatic rings. The van der Waals surface area contributed by atoms with Crippen LogP contribution in [0.4, 0.5) is 0 Å². The first-order valence-electron chi connectivity index (χ1n) is 9.49. The second-order valence-electron chi connectivity index (χ2n) is 7.78. The molecule has 1 aliphatic carbocycles. The molecule has 1 unspecified atom stereocenters. The van der Waals surface area contributed by atoms with E-state index in [2.05, 4.69) is 47.4 Å². The van der Waals surface area contributed by atoms with Crippen molar-refractivity contribution >= 4 is 22.4 Å². The summed E-state index contributed by atoms with van der Waals surface area (Å²) in [5, 5.41) is 1.32. The molecule has 5 rings (SSSR count). The number of nitrogens with two attached hydrogens (primary N) is 1. The van der Waals surface area contributed by atoms with E-state index in [4.69, 9.17) is 5.73 Å². The third kappa shape index (κ3) is 2.52. The Morgan fingerprint density at radius 3 is 2.78 bits per heavy atom. The molecule has 3 atom stereocenters. The molecule has 3 aromatic rings. The molecule has 136 valence electrons. The number of carbonyl (C=O) groups is 1. The van der Waals surface area contributed by atoms with Gasteiger partial charge in [-0.3, -0.25) is 9.69 Å². The van der Waals surface area contributed by atoms with E-state index in [1.807, 2.05) is 30.3 Å². The van der Waals surface area contributed by atoms with Gasteiger partial charge in [0.25, 0.3) is 0 Å². The molecule has 3 N–H and O–H groups in total. The van der Waals surface area contributed by atoms with Crippen molar-refractivity contribution in [3.63, 3.8) is 0 Å². The van der Waals surface area contributed by atoms with Crippen LogP contribution in [0.3, 0.4) is 0 Å². The average molecular weight is 357 g/mol. The zero-order valence-corrected chi connectivity index (χ0v) is 15.4. The number of amides is 1. The van der Waals surface area contributed by atoms with Crippen LogP contribution in [0.2, 0.25) is 0 Å². The lowest BCUT2D eigenvalue weighted by Gasteiger charge is -2.41. The van der Waals surface area contributed by atoms with Gasteiger partial charge in [0.05, 0.1) is 5.92 Å². The zero-order valence-electron chi connectivity index (χ0n) is 15.4. The summed E-state index contributed by atoms with van der Waals surface area (Å²) in [6, 6.07) is 16.7. The standard InChI is InChI=1S/C23H23N3O/c1-26-13-16(21(23(24)27)14-6-3-2-4-7-14)10-18-17-8-5-9-19-22(17)15(12-25-19)11-20(18)26/h2-10,12,16,20-21,25H,11,13H2,1H3,(H2,24,27)/t16-,20-,21?/m1/s1. The van der Waals surface area contributed by atoms with Crippen molar-refractivity contribution in [3.05, 3.63) is 77.5 Å². The molecule has 0 radical (unpaired) electrons. The zero-order chi connectivity index (χ0) is 18.5. The predicted molar refractivity (Wildman–Crippen MR) is 108 cm³/mol. The lowest BCUT2D eigenvalue weighted by Crippen LogP contribution is -2.45. The summed E-state index contributed by atoms with van der Waals surface area (Å²) in [7, 11) is 2.16. The van der Waals surface area contributed by atoms with Crippen molar-refractivity contribution < 1.29 is 4.79 Å². The van der Waals surface area contributed by atoms with Gasteiger partial charge < -0.3 is 10.7 Å². The van der Waals surface area contributed by atoms with Crippen molar-refractivity contribution in [2.24, 2.45) is 11.7 Å². The summed E-state index contributed by atoms with van der Waals surface area (Å²) in [5.74, 6) is -0.503. The van der Waals surface area contributed by atoms with Crippen molar-refractivity contribution in [1.29, 1.82) is 0 Å². The highest BCUT2D eigenvalue weighted by Gasteiger charge is 2.37. The third-order valence-corrected chi connectivity index (χ3v) is 6.19. The maximum Gasteiger partial charge on any atom is 0.225 e. The van der Waals surface area contributed by atoms with Crippen LogP contribution >= 0.6 is 0 Å². The van der Waals surface area contributed by atoms with Crippen molar-refractivity contribution in [1.82, 2.24) is 9.88 Å². The number of H-pyrrole nitrogens is 1. The Morgan fingerprint density at radius 1 is 1.19 bits per heavy atom. The number of aromatic amines is 1. The number of aromatic nitrogens is 1. The fraction of sp³-hybridized carbons (Fsp3) is 0.261. The minimum atomic E-state index is -0.311. The molecule has 0 saturated carbocycles. The molecule has 0 saturated heterocycles. The Morgan fingerprint density at radius 2 is 2.00 bits per heavy atom. The van der Waals surface area contributed by atoms with E-state index in [9.17, 15) is 4.79 Å². The Kier molecular flexibility index (Phi) is 3.69. The lowest BCUT2D eigenvalue weighted by molar-refractivity contribution is -0.120. The summed E-state index contributed by atoms with van der Waals surface area (Å²) < 4.78 is 0. The first-order chi connectivity index (χ1) is 13.1. The number of carbonyl (C=O) groups excluding carboxylic acids is 1. The Hall–Kier alpha value is -2.85. The van der Waals surface area contributed by atoms with Crippen LogP contribution in [0.15, 0.2) is 60.8 Å². The van der Waals surface area contributed by atoms with Crippen LogP contribution in [0.25, 0.3) is 16.5 Å². The van der Waals surface area contributed by atoms with Gasteiger partial charge in [-0.1, -0.05) is 48.5 Å². The topological polar surface area (TPSA) is 62.1 Å². The number of nitrogens with zero attached hydrogens (tertiary/aromatic N) is 1. The fourth-order valence-electron chi connectivity index (χ4n) is 4.98. The van der Waals surface area contributed by atoms with Crippen LogP contribution < -0.4 is 5.73 Å². The fourth-order valence-corrected chi connectivity index (χ4v) is 4.98. The number of nitrogens with one attached hydrogen (secondary N) is 1. The van der Waals surface area contributed by atoms with E-state index in [1.54, 1.807) is 0 Å². The molecule has 2 heterocycles. The van der Waals surface area contributed by atoms with E-state index in [-0.39, 0.29) is 17.7 Å². The summed E-state index contributed by atoms with van der Waals surface area (Å²) >= 11 is 0. The third-order valence-electron chi connectivity index (χ3n) is 6.19. The highest BCUT2D eigenvalue weighted by atomic mass is 16.1. The molecule has 1 aliphatic heterocycles. The minimum absolute atomic E-state index is 0.0666. The molecular formula is C23H23N3O. The maximum absolute atomic E-state index is 12.4. The van der Waals surface area contributed by atoms with Gasteiger partial charge in [0, 0.05) is 35.6 Å². The van der Waals surface area contributed by atoms with Gasteiger partial charge in [0.1, 0.15) is 0 Å². The average Bonchev–Trinajstić information content (AvgIpc) is 3.08. The van der Waals surface area contributed by atoms with Crippen LogP contribution in [0, 0.1) is 5.92 Å². The van der Waals surface area contributed by atoms with Gasteiger partial charge in [-0.05, 0) is 41.8 Å². The molecule has 1 aromatic heterocycles. The van der Waals surface area contributed by atoms with E-state index in [0.29, 0.717) is 6.04 Å². The molecule has 4 nitrogen and oxygen atoms in total. The van der Waals surface area contributed by atoms with Gasteiger partial charge in [0.2, 0.25) is 5.91 Å². The van der Waals surface area contributed by atoms with E-state index >= 15 is 0 Å². The number of benzene rings is 2. The number of hydrogen-bond donors (Lipinski definition) is 2. The lowest BCUT2D eigenvalue weighted by atomic mass is 9.75. The first-order valence-corrected chi connectivity index (χ1v) is 9.49. The van der Waals surface area contributed by atoms with Crippen molar-refractivity contribution in [3.8, 4) is 0 Å². The number of fused-ring (bicyclic) bond motifs is 2. The van der Waals surface area contributed by atoms with Gasteiger partial charge >= 0.3 is 0 Å². The molecule has 1 amide bonds. The second-order valence-corrected chi connectivity index (χ2v) is 7.78. The second kappa shape index (κ2) is 6.10. The maximum atomic E-state index is 12.4. The van der Waals surface area contributed by atoms with E-state index in [1.165, 1.54) is 27.6 Å². The monoisotopic (exact) mass is 357 g/mol. The molecule has 0 spiro atoms. The molecular weight excluding hydrogens is 334 g/mol. The van der Waals surface area contributed by atoms with Crippen LogP contribution in [-0.4, -0.2) is 35.4 Å². The first kappa shape index (κ1) is 16.3. The number of hydrogen-bond acceptors (Lipinski definition) is 2. The normalized spacial score (nSPS) is 22.9. The highest BCUT2D eigenvalue weighted by Crippen LogP contribution is 2.43. The van der Waals surface area contributed by atoms with E-state index < -0.39 is 0 Å². The summed E-state index contributed by atoms with van der Waals surface area (Å²) in [6.07, 6.45) is 5.46. The Balaban J connectivity index is 1.65. The van der Waals surface area contributed by atoms with Gasteiger partial charge in [-0.25, -0.2) is 0 Å². The van der Waals surface area contributed by atoms with Gasteiger partial charge in [-0.15, -0.1) is 0 Å². The van der Waals surface area contributed by atoms with Crippen molar-refractivity contribution in [2.75, 3.05) is 13.6 Å². The molecule has 27 heavy (non-hydrogen) atoms. The van der Waals surface area contributed by atoms with Gasteiger partial charge in [0.15, 0.2) is 0 Å². The van der Waals surface area contributed by atoms with Crippen molar-refractivity contribution in [2.45, 2.75) is 18.4 Å². The highest BCUT2D eigenvalue weighted by molar-refractivity contribution is 5.98. The molecule has 0 fully saturated rings.